The third kappa shape index (κ3) is 6.67. The van der Waals surface area contributed by atoms with Gasteiger partial charge in [-0.25, -0.2) is 4.98 Å². The summed E-state index contributed by atoms with van der Waals surface area (Å²) in [5, 5.41) is 10.1. The Balaban J connectivity index is 1.85. The van der Waals surface area contributed by atoms with Crippen molar-refractivity contribution in [2.75, 3.05) is 18.5 Å². The SMILES string of the molecule is CCCCCCCCc1ccc2nc(N(C)CC(=O)O)cc(Oc3cccnc3)c2c1. The molecule has 0 unspecified atom stereocenters. The zero-order valence-electron chi connectivity index (χ0n) is 18.4. The Labute approximate surface area is 183 Å². The minimum absolute atomic E-state index is 0.138. The molecule has 3 aromatic rings. The number of ether oxygens (including phenoxy) is 1. The molecule has 3 rings (SSSR count). The van der Waals surface area contributed by atoms with Gasteiger partial charge in [0.1, 0.15) is 23.9 Å². The van der Waals surface area contributed by atoms with Crippen LogP contribution in [0.2, 0.25) is 0 Å². The molecule has 0 saturated heterocycles. The van der Waals surface area contributed by atoms with Crippen LogP contribution in [0, 0.1) is 0 Å². The topological polar surface area (TPSA) is 75.6 Å². The van der Waals surface area contributed by atoms with E-state index < -0.39 is 5.97 Å². The average Bonchev–Trinajstić information content (AvgIpc) is 2.76. The van der Waals surface area contributed by atoms with Gasteiger partial charge in [-0.15, -0.1) is 0 Å². The van der Waals surface area contributed by atoms with Crippen LogP contribution in [0.25, 0.3) is 10.9 Å². The van der Waals surface area contributed by atoms with Crippen molar-refractivity contribution < 1.29 is 14.6 Å². The number of pyridine rings is 2. The Morgan fingerprint density at radius 3 is 2.65 bits per heavy atom. The molecule has 1 N–H and O–H groups in total. The van der Waals surface area contributed by atoms with Gasteiger partial charge < -0.3 is 14.7 Å². The van der Waals surface area contributed by atoms with Gasteiger partial charge in [-0.1, -0.05) is 45.1 Å². The second-order valence-corrected chi connectivity index (χ2v) is 7.89. The van der Waals surface area contributed by atoms with E-state index >= 15 is 0 Å². The van der Waals surface area contributed by atoms with E-state index in [2.05, 4.69) is 29.0 Å². The highest BCUT2D eigenvalue weighted by Gasteiger charge is 2.14. The number of carbonyl (C=O) groups is 1. The molecule has 0 atom stereocenters. The molecular weight excluding hydrogens is 390 g/mol. The van der Waals surface area contributed by atoms with Crippen LogP contribution >= 0.6 is 0 Å². The van der Waals surface area contributed by atoms with Crippen LogP contribution in [0.5, 0.6) is 11.5 Å². The minimum Gasteiger partial charge on any atom is -0.480 e. The Morgan fingerprint density at radius 1 is 1.10 bits per heavy atom. The van der Waals surface area contributed by atoms with Crippen molar-refractivity contribution in [1.82, 2.24) is 9.97 Å². The van der Waals surface area contributed by atoms with E-state index in [1.54, 1.807) is 30.4 Å². The van der Waals surface area contributed by atoms with E-state index in [9.17, 15) is 4.79 Å². The van der Waals surface area contributed by atoms with Gasteiger partial charge in [0, 0.05) is 24.7 Å². The van der Waals surface area contributed by atoms with Gasteiger partial charge in [-0.3, -0.25) is 9.78 Å². The van der Waals surface area contributed by atoms with Crippen LogP contribution < -0.4 is 9.64 Å². The summed E-state index contributed by atoms with van der Waals surface area (Å²) in [5.41, 5.74) is 2.03. The molecule has 2 heterocycles. The Hall–Kier alpha value is -3.15. The number of aromatic nitrogens is 2. The van der Waals surface area contributed by atoms with Gasteiger partial charge >= 0.3 is 5.97 Å². The number of likely N-dealkylation sites (N-methyl/N-ethyl adjacent to an activating group) is 1. The lowest BCUT2D eigenvalue weighted by molar-refractivity contribution is -0.135. The fraction of sp³-hybridized carbons (Fsp3) is 0.400. The summed E-state index contributed by atoms with van der Waals surface area (Å²) in [5.74, 6) is 0.920. The number of nitrogens with zero attached hydrogens (tertiary/aromatic N) is 3. The first-order chi connectivity index (χ1) is 15.1. The van der Waals surface area contributed by atoms with Gasteiger partial charge in [0.05, 0.1) is 11.7 Å². The standard InChI is InChI=1S/C25H31N3O3/c1-3-4-5-6-7-8-10-19-12-13-22-21(15-19)23(31-20-11-9-14-26-17-20)16-24(27-22)28(2)18-25(29)30/h9,11-17H,3-8,10,18H2,1-2H3,(H,29,30). The van der Waals surface area contributed by atoms with Crippen LogP contribution in [-0.4, -0.2) is 34.6 Å². The molecule has 0 spiro atoms. The van der Waals surface area contributed by atoms with Crippen molar-refractivity contribution in [3.05, 3.63) is 54.4 Å². The van der Waals surface area contributed by atoms with Crippen LogP contribution in [-0.2, 0) is 11.2 Å². The van der Waals surface area contributed by atoms with Crippen molar-refractivity contribution in [3.8, 4) is 11.5 Å². The lowest BCUT2D eigenvalue weighted by atomic mass is 10.0. The summed E-state index contributed by atoms with van der Waals surface area (Å²) in [4.78, 5) is 21.5. The van der Waals surface area contributed by atoms with Crippen molar-refractivity contribution >= 4 is 22.7 Å². The number of anilines is 1. The maximum Gasteiger partial charge on any atom is 0.323 e. The van der Waals surface area contributed by atoms with Crippen molar-refractivity contribution in [2.45, 2.75) is 51.9 Å². The quantitative estimate of drug-likeness (QED) is 0.370. The van der Waals surface area contributed by atoms with Gasteiger partial charge in [-0.05, 0) is 42.7 Å². The van der Waals surface area contributed by atoms with E-state index in [0.717, 1.165) is 17.3 Å². The second-order valence-electron chi connectivity index (χ2n) is 7.89. The minimum atomic E-state index is -0.909. The summed E-state index contributed by atoms with van der Waals surface area (Å²) in [6, 6.07) is 11.7. The fourth-order valence-electron chi connectivity index (χ4n) is 3.59. The van der Waals surface area contributed by atoms with Crippen molar-refractivity contribution in [2.24, 2.45) is 0 Å². The number of rotatable bonds is 12. The summed E-state index contributed by atoms with van der Waals surface area (Å²) in [6.07, 6.45) is 12.0. The molecule has 0 radical (unpaired) electrons. The summed E-state index contributed by atoms with van der Waals surface area (Å²) in [7, 11) is 1.71. The molecule has 0 bridgehead atoms. The number of carboxylic acid groups (broad SMARTS) is 1. The zero-order chi connectivity index (χ0) is 22.1. The van der Waals surface area contributed by atoms with Gasteiger partial charge in [-0.2, -0.15) is 0 Å². The van der Waals surface area contributed by atoms with E-state index in [0.29, 0.717) is 17.3 Å². The number of benzene rings is 1. The molecule has 0 aliphatic heterocycles. The highest BCUT2D eigenvalue weighted by atomic mass is 16.5. The highest BCUT2D eigenvalue weighted by molar-refractivity contribution is 5.88. The smallest absolute Gasteiger partial charge is 0.323 e. The third-order valence-corrected chi connectivity index (χ3v) is 5.27. The second kappa shape index (κ2) is 11.3. The Kier molecular flexibility index (Phi) is 8.21. The van der Waals surface area contributed by atoms with E-state index in [1.165, 1.54) is 44.1 Å². The number of aryl methyl sites for hydroxylation is 1. The van der Waals surface area contributed by atoms with Gasteiger partial charge in [0.25, 0.3) is 0 Å². The third-order valence-electron chi connectivity index (χ3n) is 5.27. The number of hydrogen-bond acceptors (Lipinski definition) is 5. The van der Waals surface area contributed by atoms with Crippen LogP contribution in [0.1, 0.15) is 51.0 Å². The Morgan fingerprint density at radius 2 is 1.90 bits per heavy atom. The predicted octanol–water partition coefficient (Wildman–Crippen LogP) is 5.85. The normalized spacial score (nSPS) is 10.9. The number of carboxylic acids is 1. The van der Waals surface area contributed by atoms with E-state index in [1.807, 2.05) is 18.2 Å². The maximum atomic E-state index is 11.1. The highest BCUT2D eigenvalue weighted by Crippen LogP contribution is 2.33. The summed E-state index contributed by atoms with van der Waals surface area (Å²) >= 11 is 0. The number of unbranched alkanes of at least 4 members (excludes halogenated alkanes) is 5. The molecule has 0 amide bonds. The molecule has 31 heavy (non-hydrogen) atoms. The summed E-state index contributed by atoms with van der Waals surface area (Å²) in [6.45, 7) is 2.10. The molecule has 0 fully saturated rings. The molecular formula is C25H31N3O3. The molecule has 2 aromatic heterocycles. The van der Waals surface area contributed by atoms with Crippen LogP contribution in [0.4, 0.5) is 5.82 Å². The predicted molar refractivity (Wildman–Crippen MR) is 124 cm³/mol. The van der Waals surface area contributed by atoms with Crippen molar-refractivity contribution in [3.63, 3.8) is 0 Å². The molecule has 0 aliphatic carbocycles. The maximum absolute atomic E-state index is 11.1. The molecule has 0 saturated carbocycles. The van der Waals surface area contributed by atoms with Gasteiger partial charge in [0.15, 0.2) is 0 Å². The lowest BCUT2D eigenvalue weighted by Crippen LogP contribution is -2.25. The number of fused-ring (bicyclic) bond motifs is 1. The van der Waals surface area contributed by atoms with Crippen LogP contribution in [0.3, 0.4) is 0 Å². The van der Waals surface area contributed by atoms with E-state index in [-0.39, 0.29) is 6.54 Å². The molecule has 164 valence electrons. The average molecular weight is 422 g/mol. The first-order valence-electron chi connectivity index (χ1n) is 11.0. The fourth-order valence-corrected chi connectivity index (χ4v) is 3.59. The monoisotopic (exact) mass is 421 g/mol. The first kappa shape index (κ1) is 22.5. The largest absolute Gasteiger partial charge is 0.480 e. The Bertz CT molecular complexity index is 992. The molecule has 0 aliphatic rings. The zero-order valence-corrected chi connectivity index (χ0v) is 18.4. The molecule has 6 heteroatoms. The number of hydrogen-bond donors (Lipinski definition) is 1. The number of aliphatic carboxylic acids is 1. The van der Waals surface area contributed by atoms with Gasteiger partial charge in [0.2, 0.25) is 0 Å². The van der Waals surface area contributed by atoms with E-state index in [4.69, 9.17) is 9.84 Å². The lowest BCUT2D eigenvalue weighted by Gasteiger charge is -2.18. The van der Waals surface area contributed by atoms with Crippen molar-refractivity contribution in [1.29, 1.82) is 0 Å². The summed E-state index contributed by atoms with van der Waals surface area (Å²) < 4.78 is 6.14. The van der Waals surface area contributed by atoms with Crippen LogP contribution in [0.15, 0.2) is 48.8 Å². The molecule has 6 nitrogen and oxygen atoms in total. The first-order valence-corrected chi connectivity index (χ1v) is 11.0. The molecule has 1 aromatic carbocycles.